The second-order valence-electron chi connectivity index (χ2n) is 10.0. The minimum atomic E-state index is -0.330. The van der Waals surface area contributed by atoms with Gasteiger partial charge in [-0.1, -0.05) is 60.7 Å². The van der Waals surface area contributed by atoms with Crippen LogP contribution in [0.2, 0.25) is 0 Å². The molecule has 0 fully saturated rings. The lowest BCUT2D eigenvalue weighted by molar-refractivity contribution is 0.0880. The van der Waals surface area contributed by atoms with Gasteiger partial charge in [-0.3, -0.25) is 14.9 Å². The summed E-state index contributed by atoms with van der Waals surface area (Å²) >= 11 is 0. The van der Waals surface area contributed by atoms with Crippen LogP contribution in [0.15, 0.2) is 78.9 Å². The Morgan fingerprint density at radius 2 is 1.56 bits per heavy atom. The van der Waals surface area contributed by atoms with E-state index in [0.717, 1.165) is 50.6 Å². The fraction of sp³-hybridized carbons (Fsp3) is 0.156. The number of aromatic nitrogens is 1. The largest absolute Gasteiger partial charge is 0.340 e. The molecule has 1 aliphatic heterocycles. The van der Waals surface area contributed by atoms with Gasteiger partial charge in [0.2, 0.25) is 0 Å². The molecule has 7 nitrogen and oxygen atoms in total. The molecule has 2 heterocycles. The molecule has 4 aromatic carbocycles. The number of benzene rings is 4. The molecule has 0 saturated carbocycles. The zero-order chi connectivity index (χ0) is 26.5. The Bertz CT molecular complexity index is 1820. The molecule has 7 rings (SSSR count). The monoisotopic (exact) mass is 514 g/mol. The van der Waals surface area contributed by atoms with Crippen molar-refractivity contribution in [2.75, 3.05) is 11.9 Å². The maximum absolute atomic E-state index is 13.2. The van der Waals surface area contributed by atoms with Gasteiger partial charge in [-0.05, 0) is 54.2 Å². The summed E-state index contributed by atoms with van der Waals surface area (Å²) in [5.41, 5.74) is 8.09. The maximum atomic E-state index is 13.2. The molecule has 0 atom stereocenters. The number of rotatable bonds is 5. The highest BCUT2D eigenvalue weighted by Crippen LogP contribution is 2.47. The van der Waals surface area contributed by atoms with E-state index in [9.17, 15) is 14.4 Å². The number of fused-ring (bicyclic) bond motifs is 10. The molecule has 0 saturated heterocycles. The standard InChI is InChI=1S/C32H26N4O3/c37-30-27-23-16-15-19-9-4-5-12-21(19)25(23)29-26(28(27)31(38)35-30)22-13-6-7-14-24(22)36(29)18-8-17-33-32(39)34-20-10-2-1-3-11-20/h1-7,9-14H,8,15-18H2,(H2,33,34,39)(H,35,37,38). The van der Waals surface area contributed by atoms with Crippen LogP contribution < -0.4 is 16.0 Å². The van der Waals surface area contributed by atoms with E-state index in [1.54, 1.807) is 0 Å². The van der Waals surface area contributed by atoms with Gasteiger partial charge in [0.05, 0.1) is 16.6 Å². The van der Waals surface area contributed by atoms with Gasteiger partial charge in [0.1, 0.15) is 0 Å². The molecule has 0 radical (unpaired) electrons. The van der Waals surface area contributed by atoms with Crippen LogP contribution in [0.4, 0.5) is 10.5 Å². The smallest absolute Gasteiger partial charge is 0.319 e. The van der Waals surface area contributed by atoms with Crippen molar-refractivity contribution in [3.63, 3.8) is 0 Å². The van der Waals surface area contributed by atoms with Crippen molar-refractivity contribution < 1.29 is 14.4 Å². The number of amides is 4. The highest BCUT2D eigenvalue weighted by atomic mass is 16.2. The number of nitrogens with one attached hydrogen (secondary N) is 3. The first kappa shape index (κ1) is 23.2. The van der Waals surface area contributed by atoms with Crippen molar-refractivity contribution in [3.05, 3.63) is 101 Å². The molecule has 3 N–H and O–H groups in total. The maximum Gasteiger partial charge on any atom is 0.319 e. The van der Waals surface area contributed by atoms with E-state index in [2.05, 4.69) is 38.7 Å². The number of urea groups is 1. The van der Waals surface area contributed by atoms with Gasteiger partial charge in [0.25, 0.3) is 11.8 Å². The van der Waals surface area contributed by atoms with Crippen LogP contribution in [-0.4, -0.2) is 29.0 Å². The molecule has 2 aliphatic rings. The van der Waals surface area contributed by atoms with Gasteiger partial charge in [-0.15, -0.1) is 0 Å². The zero-order valence-corrected chi connectivity index (χ0v) is 21.2. The number of imide groups is 1. The van der Waals surface area contributed by atoms with Gasteiger partial charge < -0.3 is 15.2 Å². The predicted molar refractivity (Wildman–Crippen MR) is 152 cm³/mol. The fourth-order valence-corrected chi connectivity index (χ4v) is 6.22. The molecular weight excluding hydrogens is 488 g/mol. The second-order valence-corrected chi connectivity index (χ2v) is 10.0. The summed E-state index contributed by atoms with van der Waals surface area (Å²) in [7, 11) is 0. The summed E-state index contributed by atoms with van der Waals surface area (Å²) in [5, 5.41) is 10.1. The third kappa shape index (κ3) is 3.69. The molecule has 192 valence electrons. The number of hydrogen-bond donors (Lipinski definition) is 3. The normalized spacial score (nSPS) is 13.6. The molecule has 5 aromatic rings. The van der Waals surface area contributed by atoms with Crippen molar-refractivity contribution in [2.24, 2.45) is 0 Å². The lowest BCUT2D eigenvalue weighted by atomic mass is 9.80. The Labute approximate surface area is 224 Å². The topological polar surface area (TPSA) is 92.2 Å². The van der Waals surface area contributed by atoms with Gasteiger partial charge >= 0.3 is 6.03 Å². The van der Waals surface area contributed by atoms with E-state index in [1.165, 1.54) is 5.56 Å². The first-order valence-corrected chi connectivity index (χ1v) is 13.3. The first-order chi connectivity index (χ1) is 19.1. The number of nitrogens with zero attached hydrogens (tertiary/aromatic N) is 1. The van der Waals surface area contributed by atoms with E-state index < -0.39 is 0 Å². The highest BCUT2D eigenvalue weighted by molar-refractivity contribution is 6.33. The van der Waals surface area contributed by atoms with Gasteiger partial charge in [-0.2, -0.15) is 0 Å². The van der Waals surface area contributed by atoms with Crippen molar-refractivity contribution in [1.82, 2.24) is 15.2 Å². The molecule has 0 spiro atoms. The number of carbonyl (C=O) groups is 3. The van der Waals surface area contributed by atoms with Crippen LogP contribution in [0.5, 0.6) is 0 Å². The molecular formula is C32H26N4O3. The molecule has 39 heavy (non-hydrogen) atoms. The lowest BCUT2D eigenvalue weighted by Crippen LogP contribution is -2.30. The molecule has 0 unspecified atom stereocenters. The Balaban J connectivity index is 1.33. The van der Waals surface area contributed by atoms with Crippen molar-refractivity contribution >= 4 is 45.3 Å². The van der Waals surface area contributed by atoms with Crippen LogP contribution in [-0.2, 0) is 19.4 Å². The van der Waals surface area contributed by atoms with Crippen molar-refractivity contribution in [3.8, 4) is 11.1 Å². The first-order valence-electron chi connectivity index (χ1n) is 13.3. The molecule has 1 aliphatic carbocycles. The molecule has 0 bridgehead atoms. The Kier molecular flexibility index (Phi) is 5.44. The summed E-state index contributed by atoms with van der Waals surface area (Å²) in [6.45, 7) is 1.12. The Hall–Kier alpha value is -4.91. The lowest BCUT2D eigenvalue weighted by Gasteiger charge is -2.24. The SMILES string of the molecule is O=C(NCCCn1c2ccccc2c2c3c(c4c(c21)-c1ccccc1CC4)C(=O)NC3=O)Nc1ccccc1. The summed E-state index contributed by atoms with van der Waals surface area (Å²) < 4.78 is 2.26. The van der Waals surface area contributed by atoms with Gasteiger partial charge in [0.15, 0.2) is 0 Å². The Morgan fingerprint density at radius 3 is 2.44 bits per heavy atom. The number of para-hydroxylation sites is 2. The van der Waals surface area contributed by atoms with Gasteiger partial charge in [0, 0.05) is 40.6 Å². The predicted octanol–water partition coefficient (Wildman–Crippen LogP) is 5.66. The average molecular weight is 515 g/mol. The van der Waals surface area contributed by atoms with Gasteiger partial charge in [-0.25, -0.2) is 4.79 Å². The van der Waals surface area contributed by atoms with E-state index in [-0.39, 0.29) is 17.8 Å². The van der Waals surface area contributed by atoms with Crippen LogP contribution in [0.25, 0.3) is 32.9 Å². The van der Waals surface area contributed by atoms with Crippen LogP contribution in [0.1, 0.15) is 38.3 Å². The van der Waals surface area contributed by atoms with E-state index in [4.69, 9.17) is 0 Å². The Morgan fingerprint density at radius 1 is 0.821 bits per heavy atom. The number of carbonyl (C=O) groups excluding carboxylic acids is 3. The summed E-state index contributed by atoms with van der Waals surface area (Å²) in [4.78, 5) is 38.6. The highest BCUT2D eigenvalue weighted by Gasteiger charge is 2.37. The summed E-state index contributed by atoms with van der Waals surface area (Å²) in [6.07, 6.45) is 2.21. The average Bonchev–Trinajstić information content (AvgIpc) is 3.44. The fourth-order valence-electron chi connectivity index (χ4n) is 6.22. The minimum Gasteiger partial charge on any atom is -0.340 e. The summed E-state index contributed by atoms with van der Waals surface area (Å²) in [5.74, 6) is -0.637. The number of hydrogen-bond acceptors (Lipinski definition) is 3. The van der Waals surface area contributed by atoms with E-state index in [0.29, 0.717) is 37.1 Å². The van der Waals surface area contributed by atoms with Crippen molar-refractivity contribution in [2.45, 2.75) is 25.8 Å². The third-order valence-corrected chi connectivity index (χ3v) is 7.80. The second kappa shape index (κ2) is 9.13. The number of anilines is 1. The zero-order valence-electron chi connectivity index (χ0n) is 21.2. The summed E-state index contributed by atoms with van der Waals surface area (Å²) in [6, 6.07) is 25.5. The van der Waals surface area contributed by atoms with Crippen LogP contribution in [0, 0.1) is 0 Å². The molecule has 7 heteroatoms. The van der Waals surface area contributed by atoms with Crippen molar-refractivity contribution in [1.29, 1.82) is 0 Å². The van der Waals surface area contributed by atoms with Crippen LogP contribution in [0.3, 0.4) is 0 Å². The molecule has 1 aromatic heterocycles. The number of aryl methyl sites for hydroxylation is 2. The van der Waals surface area contributed by atoms with E-state index >= 15 is 0 Å². The van der Waals surface area contributed by atoms with Crippen LogP contribution >= 0.6 is 0 Å². The third-order valence-electron chi connectivity index (χ3n) is 7.80. The minimum absolute atomic E-state index is 0.247. The van der Waals surface area contributed by atoms with E-state index in [1.807, 2.05) is 60.7 Å². The molecule has 4 amide bonds. The quantitative estimate of drug-likeness (QED) is 0.209.